The largest absolute Gasteiger partial charge is 0.386 e. The number of hydrogen-bond donors (Lipinski definition) is 1. The molecule has 1 aromatic rings. The van der Waals surface area contributed by atoms with E-state index in [1.807, 2.05) is 31.2 Å². The lowest BCUT2D eigenvalue weighted by Crippen LogP contribution is -2.17. The average Bonchev–Trinajstić information content (AvgIpc) is 2.03. The maximum absolute atomic E-state index is 9.88. The molecule has 0 spiro atoms. The molecule has 0 unspecified atom stereocenters. The highest BCUT2D eigenvalue weighted by Gasteiger charge is 2.19. The molecular formula is C12H16O. The van der Waals surface area contributed by atoms with E-state index in [0.717, 1.165) is 16.7 Å². The summed E-state index contributed by atoms with van der Waals surface area (Å²) in [5.74, 6) is 0. The van der Waals surface area contributed by atoms with Crippen molar-refractivity contribution in [3.63, 3.8) is 0 Å². The summed E-state index contributed by atoms with van der Waals surface area (Å²) < 4.78 is 0. The summed E-state index contributed by atoms with van der Waals surface area (Å²) in [6, 6.07) is 7.80. The Morgan fingerprint density at radius 1 is 1.31 bits per heavy atom. The third-order valence-electron chi connectivity index (χ3n) is 2.05. The van der Waals surface area contributed by atoms with Gasteiger partial charge in [0, 0.05) is 0 Å². The van der Waals surface area contributed by atoms with Gasteiger partial charge in [0.2, 0.25) is 0 Å². The molecule has 0 bridgehead atoms. The summed E-state index contributed by atoms with van der Waals surface area (Å²) >= 11 is 0. The van der Waals surface area contributed by atoms with E-state index in [4.69, 9.17) is 0 Å². The van der Waals surface area contributed by atoms with Crippen LogP contribution in [0, 0.1) is 0 Å². The molecule has 1 heteroatoms. The monoisotopic (exact) mass is 176 g/mol. The molecule has 1 aromatic carbocycles. The summed E-state index contributed by atoms with van der Waals surface area (Å²) in [5, 5.41) is 9.88. The summed E-state index contributed by atoms with van der Waals surface area (Å²) in [7, 11) is 0. The molecule has 0 atom stereocenters. The summed E-state index contributed by atoms with van der Waals surface area (Å²) in [6.07, 6.45) is 0. The van der Waals surface area contributed by atoms with Gasteiger partial charge in [-0.1, -0.05) is 36.4 Å². The second-order valence-electron chi connectivity index (χ2n) is 3.88. The molecule has 0 aliphatic carbocycles. The van der Waals surface area contributed by atoms with Crippen molar-refractivity contribution in [1.29, 1.82) is 0 Å². The zero-order valence-corrected chi connectivity index (χ0v) is 8.46. The number of allylic oxidation sites excluding steroid dienone is 1. The van der Waals surface area contributed by atoms with E-state index in [-0.39, 0.29) is 0 Å². The van der Waals surface area contributed by atoms with Gasteiger partial charge in [0.1, 0.15) is 0 Å². The minimum absolute atomic E-state index is 0.796. The van der Waals surface area contributed by atoms with Gasteiger partial charge in [0.25, 0.3) is 0 Å². The van der Waals surface area contributed by atoms with Crippen molar-refractivity contribution >= 4 is 5.57 Å². The Bertz CT molecular complexity index is 318. The molecule has 1 nitrogen and oxygen atoms in total. The Hall–Kier alpha value is -1.08. The van der Waals surface area contributed by atoms with E-state index in [2.05, 4.69) is 6.58 Å². The van der Waals surface area contributed by atoms with E-state index in [9.17, 15) is 5.11 Å². The molecule has 0 fully saturated rings. The van der Waals surface area contributed by atoms with Crippen molar-refractivity contribution in [2.75, 3.05) is 0 Å². The van der Waals surface area contributed by atoms with Crippen LogP contribution in [0.1, 0.15) is 31.9 Å². The average molecular weight is 176 g/mol. The van der Waals surface area contributed by atoms with Gasteiger partial charge >= 0.3 is 0 Å². The molecule has 0 aliphatic rings. The third-order valence-corrected chi connectivity index (χ3v) is 2.05. The zero-order chi connectivity index (χ0) is 10.1. The van der Waals surface area contributed by atoms with Crippen LogP contribution in [-0.2, 0) is 5.60 Å². The highest BCUT2D eigenvalue weighted by Crippen LogP contribution is 2.27. The first-order chi connectivity index (χ1) is 5.93. The van der Waals surface area contributed by atoms with Crippen molar-refractivity contribution in [2.24, 2.45) is 0 Å². The fourth-order valence-electron chi connectivity index (χ4n) is 1.39. The highest BCUT2D eigenvalue weighted by atomic mass is 16.3. The maximum atomic E-state index is 9.88. The predicted molar refractivity (Wildman–Crippen MR) is 56.4 cm³/mol. The Kier molecular flexibility index (Phi) is 2.58. The molecule has 0 aliphatic heterocycles. The first-order valence-electron chi connectivity index (χ1n) is 4.40. The van der Waals surface area contributed by atoms with E-state index in [0.29, 0.717) is 0 Å². The van der Waals surface area contributed by atoms with Crippen LogP contribution in [0.4, 0.5) is 0 Å². The van der Waals surface area contributed by atoms with Crippen LogP contribution >= 0.6 is 0 Å². The quantitative estimate of drug-likeness (QED) is 0.734. The molecule has 0 radical (unpaired) electrons. The van der Waals surface area contributed by atoms with Crippen molar-refractivity contribution < 1.29 is 5.11 Å². The molecule has 0 saturated carbocycles. The molecule has 0 saturated heterocycles. The number of rotatable bonds is 2. The second-order valence-corrected chi connectivity index (χ2v) is 3.88. The van der Waals surface area contributed by atoms with Gasteiger partial charge in [-0.05, 0) is 31.9 Å². The Morgan fingerprint density at radius 3 is 2.23 bits per heavy atom. The standard InChI is InChI=1S/C12H16O/c1-9(2)10-7-5-6-8-11(10)12(3,4)13/h5-8,13H,1H2,2-4H3. The minimum atomic E-state index is -0.796. The van der Waals surface area contributed by atoms with Crippen LogP contribution in [0.25, 0.3) is 5.57 Å². The molecule has 0 aromatic heterocycles. The molecule has 1 rings (SSSR count). The Labute approximate surface area is 79.7 Å². The second kappa shape index (κ2) is 3.35. The van der Waals surface area contributed by atoms with Gasteiger partial charge in [0.05, 0.1) is 5.60 Å². The summed E-state index contributed by atoms with van der Waals surface area (Å²) in [6.45, 7) is 9.41. The van der Waals surface area contributed by atoms with Crippen LogP contribution < -0.4 is 0 Å². The normalized spacial score (nSPS) is 11.4. The first kappa shape index (κ1) is 10.0. The predicted octanol–water partition coefficient (Wildman–Crippen LogP) is 2.95. The molecule has 0 amide bonds. The molecular weight excluding hydrogens is 160 g/mol. The van der Waals surface area contributed by atoms with E-state index < -0.39 is 5.60 Å². The van der Waals surface area contributed by atoms with Crippen molar-refractivity contribution in [2.45, 2.75) is 26.4 Å². The Morgan fingerprint density at radius 2 is 1.85 bits per heavy atom. The van der Waals surface area contributed by atoms with Gasteiger partial charge < -0.3 is 5.11 Å². The summed E-state index contributed by atoms with van der Waals surface area (Å²) in [4.78, 5) is 0. The molecule has 70 valence electrons. The fourth-order valence-corrected chi connectivity index (χ4v) is 1.39. The van der Waals surface area contributed by atoms with Gasteiger partial charge in [0.15, 0.2) is 0 Å². The number of benzene rings is 1. The van der Waals surface area contributed by atoms with Crippen LogP contribution in [-0.4, -0.2) is 5.11 Å². The topological polar surface area (TPSA) is 20.2 Å². The molecule has 13 heavy (non-hydrogen) atoms. The molecule has 0 heterocycles. The van der Waals surface area contributed by atoms with Crippen molar-refractivity contribution in [3.8, 4) is 0 Å². The smallest absolute Gasteiger partial charge is 0.0846 e. The lowest BCUT2D eigenvalue weighted by Gasteiger charge is -2.21. The van der Waals surface area contributed by atoms with Crippen LogP contribution in [0.5, 0.6) is 0 Å². The SMILES string of the molecule is C=C(C)c1ccccc1C(C)(C)O. The maximum Gasteiger partial charge on any atom is 0.0846 e. The molecule has 1 N–H and O–H groups in total. The van der Waals surface area contributed by atoms with E-state index >= 15 is 0 Å². The van der Waals surface area contributed by atoms with Crippen LogP contribution in [0.3, 0.4) is 0 Å². The lowest BCUT2D eigenvalue weighted by atomic mass is 9.90. The zero-order valence-electron chi connectivity index (χ0n) is 8.46. The highest BCUT2D eigenvalue weighted by molar-refractivity contribution is 5.65. The Balaban J connectivity index is 3.28. The fraction of sp³-hybridized carbons (Fsp3) is 0.333. The lowest BCUT2D eigenvalue weighted by molar-refractivity contribution is 0.0783. The summed E-state index contributed by atoms with van der Waals surface area (Å²) in [5.41, 5.74) is 2.16. The van der Waals surface area contributed by atoms with Gasteiger partial charge in [-0.15, -0.1) is 0 Å². The van der Waals surface area contributed by atoms with Crippen molar-refractivity contribution in [1.82, 2.24) is 0 Å². The van der Waals surface area contributed by atoms with E-state index in [1.165, 1.54) is 0 Å². The third kappa shape index (κ3) is 2.19. The van der Waals surface area contributed by atoms with Crippen LogP contribution in [0.2, 0.25) is 0 Å². The van der Waals surface area contributed by atoms with Crippen molar-refractivity contribution in [3.05, 3.63) is 42.0 Å². The number of aliphatic hydroxyl groups is 1. The van der Waals surface area contributed by atoms with Gasteiger partial charge in [-0.2, -0.15) is 0 Å². The number of hydrogen-bond acceptors (Lipinski definition) is 1. The van der Waals surface area contributed by atoms with Gasteiger partial charge in [-0.25, -0.2) is 0 Å². The minimum Gasteiger partial charge on any atom is -0.386 e. The first-order valence-corrected chi connectivity index (χ1v) is 4.40. The van der Waals surface area contributed by atoms with E-state index in [1.54, 1.807) is 13.8 Å². The van der Waals surface area contributed by atoms with Crippen LogP contribution in [0.15, 0.2) is 30.8 Å². The van der Waals surface area contributed by atoms with Gasteiger partial charge in [-0.3, -0.25) is 0 Å².